The maximum absolute atomic E-state index is 4.64. The summed E-state index contributed by atoms with van der Waals surface area (Å²) in [4.78, 5) is 4.64. The highest BCUT2D eigenvalue weighted by Gasteiger charge is 2.28. The molecule has 1 atom stereocenters. The molecule has 0 saturated heterocycles. The van der Waals surface area contributed by atoms with E-state index < -0.39 is 0 Å². The van der Waals surface area contributed by atoms with Gasteiger partial charge in [0.15, 0.2) is 0 Å². The smallest absolute Gasteiger partial charge is 0.0654 e. The van der Waals surface area contributed by atoms with Gasteiger partial charge in [0.1, 0.15) is 0 Å². The number of nitrogens with zero attached hydrogens (tertiary/aromatic N) is 1. The van der Waals surface area contributed by atoms with Gasteiger partial charge in [0, 0.05) is 5.71 Å². The van der Waals surface area contributed by atoms with Crippen molar-refractivity contribution in [1.82, 2.24) is 0 Å². The molecule has 0 aromatic rings. The Kier molecular flexibility index (Phi) is 5.56. The fourth-order valence-electron chi connectivity index (χ4n) is 2.67. The van der Waals surface area contributed by atoms with Gasteiger partial charge in [-0.15, -0.1) is 0 Å². The second kappa shape index (κ2) is 6.56. The first-order valence-electron chi connectivity index (χ1n) is 7.69. The van der Waals surface area contributed by atoms with Crippen LogP contribution in [0.4, 0.5) is 0 Å². The predicted octanol–water partition coefficient (Wildman–Crippen LogP) is 6.09. The van der Waals surface area contributed by atoms with Crippen molar-refractivity contribution in [3.8, 4) is 0 Å². The van der Waals surface area contributed by atoms with Crippen molar-refractivity contribution in [2.75, 3.05) is 0 Å². The summed E-state index contributed by atoms with van der Waals surface area (Å²) in [5.41, 5.74) is 6.54. The van der Waals surface area contributed by atoms with Crippen molar-refractivity contribution in [3.63, 3.8) is 0 Å². The molecule has 0 heterocycles. The molecule has 0 N–H and O–H groups in total. The molecule has 0 saturated carbocycles. The van der Waals surface area contributed by atoms with E-state index in [0.717, 1.165) is 22.9 Å². The molecule has 20 heavy (non-hydrogen) atoms. The first-order valence-corrected chi connectivity index (χ1v) is 7.69. The van der Waals surface area contributed by atoms with E-state index in [9.17, 15) is 0 Å². The van der Waals surface area contributed by atoms with E-state index in [1.54, 1.807) is 0 Å². The standard InChI is InChI=1S/C19H31N/c1-13(2)18(20-14(3)4)12-16-11-17(19(6,7)8)10-9-15(16)5/h12,17H,1,9-11H2,2-8H3/b18-12+. The summed E-state index contributed by atoms with van der Waals surface area (Å²) in [5.74, 6) is 0.760. The van der Waals surface area contributed by atoms with Crippen LogP contribution in [0, 0.1) is 11.3 Å². The minimum Gasteiger partial charge on any atom is -0.258 e. The lowest BCUT2D eigenvalue weighted by molar-refractivity contribution is 0.217. The first kappa shape index (κ1) is 16.9. The fourth-order valence-corrected chi connectivity index (χ4v) is 2.67. The van der Waals surface area contributed by atoms with Gasteiger partial charge in [-0.25, -0.2) is 0 Å². The monoisotopic (exact) mass is 273 g/mol. The van der Waals surface area contributed by atoms with Crippen LogP contribution in [0.3, 0.4) is 0 Å². The van der Waals surface area contributed by atoms with Crippen LogP contribution in [-0.2, 0) is 0 Å². The van der Waals surface area contributed by atoms with Crippen LogP contribution >= 0.6 is 0 Å². The van der Waals surface area contributed by atoms with E-state index in [-0.39, 0.29) is 0 Å². The zero-order chi connectivity index (χ0) is 15.5. The maximum Gasteiger partial charge on any atom is 0.0654 e. The number of hydrogen-bond acceptors (Lipinski definition) is 1. The van der Waals surface area contributed by atoms with Gasteiger partial charge in [-0.05, 0) is 75.5 Å². The van der Waals surface area contributed by atoms with Crippen molar-refractivity contribution in [3.05, 3.63) is 35.1 Å². The molecule has 0 amide bonds. The van der Waals surface area contributed by atoms with Crippen LogP contribution < -0.4 is 0 Å². The number of hydrogen-bond donors (Lipinski definition) is 0. The van der Waals surface area contributed by atoms with Gasteiger partial charge in [0.2, 0.25) is 0 Å². The lowest BCUT2D eigenvalue weighted by atomic mass is 9.70. The van der Waals surface area contributed by atoms with Gasteiger partial charge in [-0.2, -0.15) is 0 Å². The third kappa shape index (κ3) is 4.77. The second-order valence-corrected chi connectivity index (χ2v) is 7.48. The van der Waals surface area contributed by atoms with Gasteiger partial charge >= 0.3 is 0 Å². The molecule has 1 aliphatic carbocycles. The van der Waals surface area contributed by atoms with Crippen molar-refractivity contribution >= 4 is 5.71 Å². The summed E-state index contributed by atoms with van der Waals surface area (Å²) in [6.07, 6.45) is 5.96. The molecule has 0 bridgehead atoms. The Morgan fingerprint density at radius 1 is 1.25 bits per heavy atom. The molecule has 0 fully saturated rings. The molecule has 1 nitrogen and oxygen atoms in total. The Hall–Kier alpha value is -1.11. The van der Waals surface area contributed by atoms with E-state index in [1.807, 2.05) is 20.8 Å². The molecule has 0 aromatic carbocycles. The molecule has 112 valence electrons. The summed E-state index contributed by atoms with van der Waals surface area (Å²) < 4.78 is 0. The average molecular weight is 273 g/mol. The van der Waals surface area contributed by atoms with Crippen LogP contribution in [0.5, 0.6) is 0 Å². The SMILES string of the molecule is C=C(C)/C(=C\C1=C(C)CCC(C(C)(C)C)C1)N=C(C)C. The van der Waals surface area contributed by atoms with E-state index in [1.165, 1.54) is 30.4 Å². The van der Waals surface area contributed by atoms with E-state index >= 15 is 0 Å². The van der Waals surface area contributed by atoms with Crippen molar-refractivity contribution < 1.29 is 0 Å². The summed E-state index contributed by atoms with van der Waals surface area (Å²) in [6.45, 7) is 19.5. The first-order chi connectivity index (χ1) is 9.11. The lowest BCUT2D eigenvalue weighted by Crippen LogP contribution is -2.23. The van der Waals surface area contributed by atoms with Crippen LogP contribution in [-0.4, -0.2) is 5.71 Å². The predicted molar refractivity (Wildman–Crippen MR) is 91.2 cm³/mol. The number of rotatable bonds is 3. The Bertz CT molecular complexity index is 462. The Labute approximate surface area is 125 Å². The van der Waals surface area contributed by atoms with Crippen molar-refractivity contribution in [1.29, 1.82) is 0 Å². The summed E-state index contributed by atoms with van der Waals surface area (Å²) in [5, 5.41) is 0. The van der Waals surface area contributed by atoms with Gasteiger partial charge in [0.25, 0.3) is 0 Å². The normalized spacial score (nSPS) is 20.9. The van der Waals surface area contributed by atoms with Gasteiger partial charge in [0.05, 0.1) is 5.70 Å². The third-order valence-corrected chi connectivity index (χ3v) is 4.20. The van der Waals surface area contributed by atoms with Crippen molar-refractivity contribution in [2.45, 2.75) is 67.7 Å². The van der Waals surface area contributed by atoms with E-state index in [2.05, 4.69) is 45.3 Å². The second-order valence-electron chi connectivity index (χ2n) is 7.48. The minimum atomic E-state index is 0.382. The van der Waals surface area contributed by atoms with Crippen LogP contribution in [0.15, 0.2) is 40.1 Å². The molecule has 1 rings (SSSR count). The minimum absolute atomic E-state index is 0.382. The molecule has 1 aliphatic rings. The Balaban J connectivity index is 3.09. The van der Waals surface area contributed by atoms with Gasteiger partial charge < -0.3 is 0 Å². The average Bonchev–Trinajstić information content (AvgIpc) is 2.28. The number of aliphatic imine (C=N–C) groups is 1. The maximum atomic E-state index is 4.64. The Morgan fingerprint density at radius 3 is 2.30 bits per heavy atom. The topological polar surface area (TPSA) is 12.4 Å². The molecule has 1 heteroatoms. The van der Waals surface area contributed by atoms with Crippen LogP contribution in [0.1, 0.15) is 67.7 Å². The van der Waals surface area contributed by atoms with Crippen molar-refractivity contribution in [2.24, 2.45) is 16.3 Å². The zero-order valence-corrected chi connectivity index (χ0v) is 14.4. The molecule has 0 spiro atoms. The lowest BCUT2D eigenvalue weighted by Gasteiger charge is -2.35. The highest BCUT2D eigenvalue weighted by atomic mass is 14.7. The van der Waals surface area contributed by atoms with Crippen LogP contribution in [0.2, 0.25) is 0 Å². The summed E-state index contributed by atoms with van der Waals surface area (Å²) >= 11 is 0. The van der Waals surface area contributed by atoms with E-state index in [4.69, 9.17) is 0 Å². The molecule has 0 radical (unpaired) electrons. The zero-order valence-electron chi connectivity index (χ0n) is 14.4. The highest BCUT2D eigenvalue weighted by molar-refractivity contribution is 5.80. The van der Waals surface area contributed by atoms with Crippen LogP contribution in [0.25, 0.3) is 0 Å². The van der Waals surface area contributed by atoms with E-state index in [0.29, 0.717) is 5.41 Å². The summed E-state index contributed by atoms with van der Waals surface area (Å²) in [7, 11) is 0. The largest absolute Gasteiger partial charge is 0.258 e. The molecular formula is C19H31N. The molecule has 1 unspecified atom stereocenters. The van der Waals surface area contributed by atoms with Gasteiger partial charge in [-0.1, -0.05) is 32.9 Å². The summed E-state index contributed by atoms with van der Waals surface area (Å²) in [6, 6.07) is 0. The highest BCUT2D eigenvalue weighted by Crippen LogP contribution is 2.41. The Morgan fingerprint density at radius 2 is 1.85 bits per heavy atom. The number of allylic oxidation sites excluding steroid dienone is 4. The van der Waals surface area contributed by atoms with Gasteiger partial charge in [-0.3, -0.25) is 4.99 Å². The fraction of sp³-hybridized carbons (Fsp3) is 0.632. The molecular weight excluding hydrogens is 242 g/mol. The molecule has 0 aliphatic heterocycles. The molecule has 0 aromatic heterocycles. The quantitative estimate of drug-likeness (QED) is 0.436. The third-order valence-electron chi connectivity index (χ3n) is 4.20.